The molecule has 0 bridgehead atoms. The van der Waals surface area contributed by atoms with Crippen molar-refractivity contribution in [2.45, 2.75) is 26.4 Å². The Hall–Kier alpha value is -2.11. The van der Waals surface area contributed by atoms with Crippen molar-refractivity contribution >= 4 is 5.95 Å². The van der Waals surface area contributed by atoms with Crippen LogP contribution >= 0.6 is 0 Å². The molecule has 20 heavy (non-hydrogen) atoms. The van der Waals surface area contributed by atoms with E-state index < -0.39 is 6.61 Å². The summed E-state index contributed by atoms with van der Waals surface area (Å²) < 4.78 is 30.4. The van der Waals surface area contributed by atoms with Gasteiger partial charge in [-0.25, -0.2) is 4.98 Å². The zero-order chi connectivity index (χ0) is 14.4. The summed E-state index contributed by atoms with van der Waals surface area (Å²) >= 11 is 0. The van der Waals surface area contributed by atoms with E-state index >= 15 is 0 Å². The van der Waals surface area contributed by atoms with E-state index in [1.165, 1.54) is 12.1 Å². The first-order valence-electron chi connectivity index (χ1n) is 6.53. The summed E-state index contributed by atoms with van der Waals surface area (Å²) in [6.07, 6.45) is 5.68. The number of anilines is 1. The monoisotopic (exact) mass is 281 g/mol. The van der Waals surface area contributed by atoms with Crippen LogP contribution in [0.1, 0.15) is 19.8 Å². The predicted octanol–water partition coefficient (Wildman–Crippen LogP) is 3.69. The fourth-order valence-corrected chi connectivity index (χ4v) is 1.81. The molecule has 108 valence electrons. The fraction of sp³-hybridized carbons (Fsp3) is 0.357. The number of nitrogens with one attached hydrogen (secondary N) is 1. The number of nitrogens with zero attached hydrogens (tertiary/aromatic N) is 2. The van der Waals surface area contributed by atoms with Crippen molar-refractivity contribution in [2.24, 2.45) is 0 Å². The second kappa shape index (κ2) is 6.88. The topological polar surface area (TPSA) is 39.1 Å². The van der Waals surface area contributed by atoms with Gasteiger partial charge in [-0.1, -0.05) is 13.3 Å². The third kappa shape index (κ3) is 3.69. The van der Waals surface area contributed by atoms with Gasteiger partial charge in [0.25, 0.3) is 0 Å². The molecular formula is C14H17F2N3O. The van der Waals surface area contributed by atoms with Gasteiger partial charge >= 0.3 is 6.61 Å². The van der Waals surface area contributed by atoms with E-state index in [2.05, 4.69) is 22.0 Å². The Balaban J connectivity index is 2.09. The lowest BCUT2D eigenvalue weighted by atomic mass is 10.3. The summed E-state index contributed by atoms with van der Waals surface area (Å²) in [6, 6.07) is 6.45. The number of halogens is 2. The van der Waals surface area contributed by atoms with Crippen LogP contribution < -0.4 is 10.1 Å². The Morgan fingerprint density at radius 1 is 1.30 bits per heavy atom. The molecule has 0 radical (unpaired) electrons. The van der Waals surface area contributed by atoms with Gasteiger partial charge in [0.15, 0.2) is 0 Å². The van der Waals surface area contributed by atoms with E-state index in [0.717, 1.165) is 31.0 Å². The molecule has 6 heteroatoms. The van der Waals surface area contributed by atoms with Crippen LogP contribution in [0.3, 0.4) is 0 Å². The van der Waals surface area contributed by atoms with Gasteiger partial charge in [0, 0.05) is 24.6 Å². The van der Waals surface area contributed by atoms with Crippen molar-refractivity contribution in [1.29, 1.82) is 0 Å². The Bertz CT molecular complexity index is 525. The Morgan fingerprint density at radius 2 is 2.05 bits per heavy atom. The smallest absolute Gasteiger partial charge is 0.387 e. The maximum Gasteiger partial charge on any atom is 0.387 e. The zero-order valence-electron chi connectivity index (χ0n) is 11.2. The molecule has 0 saturated heterocycles. The number of ether oxygens (including phenoxy) is 1. The zero-order valence-corrected chi connectivity index (χ0v) is 11.2. The van der Waals surface area contributed by atoms with Crippen molar-refractivity contribution in [3.05, 3.63) is 36.7 Å². The van der Waals surface area contributed by atoms with E-state index in [4.69, 9.17) is 0 Å². The summed E-state index contributed by atoms with van der Waals surface area (Å²) in [7, 11) is 0. The lowest BCUT2D eigenvalue weighted by molar-refractivity contribution is -0.0498. The van der Waals surface area contributed by atoms with Gasteiger partial charge in [-0.2, -0.15) is 8.78 Å². The maximum absolute atomic E-state index is 12.1. The number of imidazole rings is 1. The highest BCUT2D eigenvalue weighted by Gasteiger charge is 2.06. The molecular weight excluding hydrogens is 264 g/mol. The number of alkyl halides is 2. The molecule has 1 aromatic heterocycles. The SMILES string of the molecule is CCCCNc1nccn1-c1ccc(OC(F)F)cc1. The van der Waals surface area contributed by atoms with Gasteiger partial charge in [-0.05, 0) is 30.7 Å². The Kier molecular flexibility index (Phi) is 4.92. The third-order valence-electron chi connectivity index (χ3n) is 2.79. The van der Waals surface area contributed by atoms with Gasteiger partial charge < -0.3 is 10.1 Å². The fourth-order valence-electron chi connectivity index (χ4n) is 1.81. The van der Waals surface area contributed by atoms with E-state index in [1.807, 2.05) is 10.8 Å². The highest BCUT2D eigenvalue weighted by Crippen LogP contribution is 2.19. The first-order chi connectivity index (χ1) is 9.70. The molecule has 0 aliphatic rings. The van der Waals surface area contributed by atoms with Crippen LogP contribution in [0.4, 0.5) is 14.7 Å². The number of unbranched alkanes of at least 4 members (excludes halogenated alkanes) is 1. The molecule has 0 spiro atoms. The first-order valence-corrected chi connectivity index (χ1v) is 6.53. The minimum atomic E-state index is -2.81. The summed E-state index contributed by atoms with van der Waals surface area (Å²) in [5, 5.41) is 3.24. The lowest BCUT2D eigenvalue weighted by Crippen LogP contribution is -2.07. The van der Waals surface area contributed by atoms with Crippen molar-refractivity contribution in [3.63, 3.8) is 0 Å². The molecule has 0 saturated carbocycles. The molecule has 2 aromatic rings. The van der Waals surface area contributed by atoms with Gasteiger partial charge in [0.05, 0.1) is 0 Å². The average molecular weight is 281 g/mol. The highest BCUT2D eigenvalue weighted by atomic mass is 19.3. The van der Waals surface area contributed by atoms with E-state index in [-0.39, 0.29) is 5.75 Å². The van der Waals surface area contributed by atoms with Gasteiger partial charge in [0.1, 0.15) is 5.75 Å². The molecule has 0 unspecified atom stereocenters. The molecule has 0 aliphatic carbocycles. The van der Waals surface area contributed by atoms with Crippen LogP contribution in [0.25, 0.3) is 5.69 Å². The van der Waals surface area contributed by atoms with Gasteiger partial charge in [0.2, 0.25) is 5.95 Å². The van der Waals surface area contributed by atoms with Crippen LogP contribution in [0.5, 0.6) is 5.75 Å². The summed E-state index contributed by atoms with van der Waals surface area (Å²) in [6.45, 7) is 0.163. The molecule has 2 rings (SSSR count). The second-order valence-corrected chi connectivity index (χ2v) is 4.27. The minimum Gasteiger partial charge on any atom is -0.435 e. The second-order valence-electron chi connectivity index (χ2n) is 4.27. The Morgan fingerprint density at radius 3 is 2.70 bits per heavy atom. The largest absolute Gasteiger partial charge is 0.435 e. The van der Waals surface area contributed by atoms with E-state index in [1.54, 1.807) is 18.3 Å². The average Bonchev–Trinajstić information content (AvgIpc) is 2.88. The maximum atomic E-state index is 12.1. The first kappa shape index (κ1) is 14.3. The number of hydrogen-bond acceptors (Lipinski definition) is 3. The van der Waals surface area contributed by atoms with Crippen molar-refractivity contribution in [1.82, 2.24) is 9.55 Å². The van der Waals surface area contributed by atoms with Crippen molar-refractivity contribution < 1.29 is 13.5 Å². The Labute approximate surface area is 116 Å². The standard InChI is InChI=1S/C14H17F2N3O/c1-2-3-8-17-14-18-9-10-19(14)11-4-6-12(7-5-11)20-13(15)16/h4-7,9-10,13H,2-3,8H2,1H3,(H,17,18). The van der Waals surface area contributed by atoms with Crippen LogP contribution in [0, 0.1) is 0 Å². The van der Waals surface area contributed by atoms with Crippen molar-refractivity contribution in [3.8, 4) is 11.4 Å². The molecule has 1 aromatic carbocycles. The molecule has 0 atom stereocenters. The van der Waals surface area contributed by atoms with Crippen LogP contribution in [0.2, 0.25) is 0 Å². The van der Waals surface area contributed by atoms with Gasteiger partial charge in [-0.3, -0.25) is 4.57 Å². The quantitative estimate of drug-likeness (QED) is 0.787. The summed E-state index contributed by atoms with van der Waals surface area (Å²) in [5.74, 6) is 0.880. The summed E-state index contributed by atoms with van der Waals surface area (Å²) in [4.78, 5) is 4.24. The normalized spacial score (nSPS) is 10.8. The molecule has 0 amide bonds. The van der Waals surface area contributed by atoms with Crippen LogP contribution in [0.15, 0.2) is 36.7 Å². The lowest BCUT2D eigenvalue weighted by Gasteiger charge is -2.10. The molecule has 1 N–H and O–H groups in total. The molecule has 4 nitrogen and oxygen atoms in total. The molecule has 1 heterocycles. The molecule has 0 aliphatic heterocycles. The van der Waals surface area contributed by atoms with Gasteiger partial charge in [-0.15, -0.1) is 0 Å². The van der Waals surface area contributed by atoms with E-state index in [0.29, 0.717) is 0 Å². The third-order valence-corrected chi connectivity index (χ3v) is 2.79. The van der Waals surface area contributed by atoms with Crippen molar-refractivity contribution in [2.75, 3.05) is 11.9 Å². The van der Waals surface area contributed by atoms with Crippen LogP contribution in [-0.4, -0.2) is 22.7 Å². The van der Waals surface area contributed by atoms with E-state index in [9.17, 15) is 8.78 Å². The number of rotatable bonds is 7. The molecule has 0 fully saturated rings. The number of hydrogen-bond donors (Lipinski definition) is 1. The van der Waals surface area contributed by atoms with Crippen LogP contribution in [-0.2, 0) is 0 Å². The highest BCUT2D eigenvalue weighted by molar-refractivity contribution is 5.44. The number of aromatic nitrogens is 2. The summed E-state index contributed by atoms with van der Waals surface area (Å²) in [5.41, 5.74) is 0.836. The predicted molar refractivity (Wildman–Crippen MR) is 73.6 cm³/mol. The number of benzene rings is 1. The minimum absolute atomic E-state index is 0.143.